The third kappa shape index (κ3) is 2.05. The van der Waals surface area contributed by atoms with E-state index in [2.05, 4.69) is 6.07 Å². The van der Waals surface area contributed by atoms with E-state index in [0.717, 1.165) is 28.7 Å². The third-order valence-electron chi connectivity index (χ3n) is 3.22. The molecule has 90 valence electrons. The van der Waals surface area contributed by atoms with Gasteiger partial charge in [0.25, 0.3) is 0 Å². The maximum Gasteiger partial charge on any atom is 0.163 e. The molecule has 0 aromatic heterocycles. The van der Waals surface area contributed by atoms with Gasteiger partial charge in [-0.2, -0.15) is 0 Å². The van der Waals surface area contributed by atoms with E-state index in [4.69, 9.17) is 23.2 Å². The van der Waals surface area contributed by atoms with E-state index in [0.29, 0.717) is 16.5 Å². The fourth-order valence-electron chi connectivity index (χ4n) is 2.36. The quantitative estimate of drug-likeness (QED) is 0.732. The first-order chi connectivity index (χ1) is 8.63. The Bertz CT molecular complexity index is 627. The number of benzene rings is 2. The molecule has 18 heavy (non-hydrogen) atoms. The van der Waals surface area contributed by atoms with E-state index in [1.165, 1.54) is 0 Å². The van der Waals surface area contributed by atoms with Gasteiger partial charge in [-0.15, -0.1) is 0 Å². The first kappa shape index (κ1) is 11.8. The van der Waals surface area contributed by atoms with Gasteiger partial charge in [-0.25, -0.2) is 0 Å². The fourth-order valence-corrected chi connectivity index (χ4v) is 2.88. The van der Waals surface area contributed by atoms with Gasteiger partial charge < -0.3 is 0 Å². The Kier molecular flexibility index (Phi) is 2.89. The van der Waals surface area contributed by atoms with Crippen molar-refractivity contribution in [3.8, 4) is 11.1 Å². The van der Waals surface area contributed by atoms with Gasteiger partial charge in [-0.3, -0.25) is 4.79 Å². The molecule has 0 saturated heterocycles. The highest BCUT2D eigenvalue weighted by Crippen LogP contribution is 2.31. The second-order valence-electron chi connectivity index (χ2n) is 4.45. The highest BCUT2D eigenvalue weighted by molar-refractivity contribution is 6.35. The molecule has 0 N–H and O–H groups in total. The largest absolute Gasteiger partial charge is 0.294 e. The smallest absolute Gasteiger partial charge is 0.163 e. The number of carbonyl (C=O) groups excluding carboxylic acids is 1. The number of hydrogen-bond donors (Lipinski definition) is 0. The number of hydrogen-bond acceptors (Lipinski definition) is 1. The summed E-state index contributed by atoms with van der Waals surface area (Å²) in [5.74, 6) is 0.237. The molecule has 0 bridgehead atoms. The van der Waals surface area contributed by atoms with Crippen LogP contribution < -0.4 is 0 Å². The van der Waals surface area contributed by atoms with Gasteiger partial charge in [0, 0.05) is 22.0 Å². The summed E-state index contributed by atoms with van der Waals surface area (Å²) in [6.45, 7) is 0. The summed E-state index contributed by atoms with van der Waals surface area (Å²) < 4.78 is 0. The van der Waals surface area contributed by atoms with Crippen molar-refractivity contribution in [2.24, 2.45) is 0 Å². The monoisotopic (exact) mass is 276 g/mol. The first-order valence-corrected chi connectivity index (χ1v) is 6.52. The number of carbonyl (C=O) groups is 1. The van der Waals surface area contributed by atoms with Gasteiger partial charge in [0.2, 0.25) is 0 Å². The number of rotatable bonds is 1. The molecule has 0 radical (unpaired) electrons. The van der Waals surface area contributed by atoms with E-state index < -0.39 is 0 Å². The van der Waals surface area contributed by atoms with Crippen LogP contribution in [-0.2, 0) is 6.42 Å². The lowest BCUT2D eigenvalue weighted by Crippen LogP contribution is -1.90. The van der Waals surface area contributed by atoms with Crippen molar-refractivity contribution >= 4 is 29.0 Å². The Labute approximate surface area is 115 Å². The lowest BCUT2D eigenvalue weighted by atomic mass is 10.0. The number of fused-ring (bicyclic) bond motifs is 1. The van der Waals surface area contributed by atoms with Gasteiger partial charge >= 0.3 is 0 Å². The van der Waals surface area contributed by atoms with Crippen molar-refractivity contribution in [2.45, 2.75) is 12.8 Å². The van der Waals surface area contributed by atoms with Gasteiger partial charge in [0.15, 0.2) is 5.78 Å². The van der Waals surface area contributed by atoms with E-state index in [1.54, 1.807) is 6.07 Å². The van der Waals surface area contributed by atoms with E-state index in [9.17, 15) is 4.79 Å². The average molecular weight is 277 g/mol. The van der Waals surface area contributed by atoms with Crippen LogP contribution in [0.4, 0.5) is 0 Å². The lowest BCUT2D eigenvalue weighted by molar-refractivity contribution is 0.0994. The maximum atomic E-state index is 11.6. The standard InChI is InChI=1S/C15H10Cl2O/c16-12-6-11(7-13(17)8-12)9-1-3-14-10(5-9)2-4-15(14)18/h1,3,5-8H,2,4H2. The average Bonchev–Trinajstić information content (AvgIpc) is 2.69. The van der Waals surface area contributed by atoms with Crippen LogP contribution in [0.2, 0.25) is 10.0 Å². The normalized spacial score (nSPS) is 13.8. The summed E-state index contributed by atoms with van der Waals surface area (Å²) in [4.78, 5) is 11.6. The zero-order chi connectivity index (χ0) is 12.7. The Balaban J connectivity index is 2.10. The molecule has 3 rings (SSSR count). The second-order valence-corrected chi connectivity index (χ2v) is 5.33. The Hall–Kier alpha value is -1.31. The lowest BCUT2D eigenvalue weighted by Gasteiger charge is -2.06. The molecule has 0 amide bonds. The molecule has 3 heteroatoms. The van der Waals surface area contributed by atoms with Crippen LogP contribution in [0.25, 0.3) is 11.1 Å². The summed E-state index contributed by atoms with van der Waals surface area (Å²) in [7, 11) is 0. The number of ketones is 1. The van der Waals surface area contributed by atoms with E-state index >= 15 is 0 Å². The van der Waals surface area contributed by atoms with Gasteiger partial charge in [0.1, 0.15) is 0 Å². The van der Waals surface area contributed by atoms with Crippen molar-refractivity contribution in [3.05, 3.63) is 57.6 Å². The van der Waals surface area contributed by atoms with Crippen molar-refractivity contribution in [1.82, 2.24) is 0 Å². The predicted molar refractivity (Wildman–Crippen MR) is 74.5 cm³/mol. The van der Waals surface area contributed by atoms with Crippen LogP contribution in [0, 0.1) is 0 Å². The number of aryl methyl sites for hydroxylation is 1. The zero-order valence-corrected chi connectivity index (χ0v) is 11.1. The third-order valence-corrected chi connectivity index (χ3v) is 3.66. The molecule has 0 spiro atoms. The molecule has 2 aromatic carbocycles. The van der Waals surface area contributed by atoms with Crippen LogP contribution in [0.5, 0.6) is 0 Å². The first-order valence-electron chi connectivity index (χ1n) is 5.76. The van der Waals surface area contributed by atoms with Crippen molar-refractivity contribution in [1.29, 1.82) is 0 Å². The predicted octanol–water partition coefficient (Wildman–Crippen LogP) is 4.79. The van der Waals surface area contributed by atoms with Crippen LogP contribution in [-0.4, -0.2) is 5.78 Å². The van der Waals surface area contributed by atoms with Crippen LogP contribution in [0.1, 0.15) is 22.3 Å². The minimum absolute atomic E-state index is 0.237. The molecule has 1 nitrogen and oxygen atoms in total. The molecular formula is C15H10Cl2O. The Morgan fingerprint density at radius 2 is 1.56 bits per heavy atom. The van der Waals surface area contributed by atoms with Crippen LogP contribution in [0.3, 0.4) is 0 Å². The summed E-state index contributed by atoms with van der Waals surface area (Å²) >= 11 is 12.0. The molecule has 0 atom stereocenters. The highest BCUT2D eigenvalue weighted by atomic mass is 35.5. The van der Waals surface area contributed by atoms with Crippen LogP contribution >= 0.6 is 23.2 Å². The molecule has 0 unspecified atom stereocenters. The number of Topliss-reactive ketones (excluding diaryl/α,β-unsaturated/α-hetero) is 1. The van der Waals surface area contributed by atoms with Gasteiger partial charge in [0.05, 0.1) is 0 Å². The Morgan fingerprint density at radius 3 is 2.28 bits per heavy atom. The topological polar surface area (TPSA) is 17.1 Å². The van der Waals surface area contributed by atoms with Gasteiger partial charge in [-0.1, -0.05) is 41.4 Å². The zero-order valence-electron chi connectivity index (χ0n) is 9.54. The molecule has 0 fully saturated rings. The van der Waals surface area contributed by atoms with E-state index in [-0.39, 0.29) is 5.78 Å². The Morgan fingerprint density at radius 1 is 0.833 bits per heavy atom. The van der Waals surface area contributed by atoms with E-state index in [1.807, 2.05) is 24.3 Å². The molecule has 0 aliphatic heterocycles. The van der Waals surface area contributed by atoms with Gasteiger partial charge in [-0.05, 0) is 41.3 Å². The summed E-state index contributed by atoms with van der Waals surface area (Å²) in [6, 6.07) is 11.4. The molecule has 0 heterocycles. The summed E-state index contributed by atoms with van der Waals surface area (Å²) in [5, 5.41) is 1.24. The second kappa shape index (κ2) is 4.42. The molecule has 2 aromatic rings. The summed E-state index contributed by atoms with van der Waals surface area (Å²) in [5.41, 5.74) is 4.00. The highest BCUT2D eigenvalue weighted by Gasteiger charge is 2.19. The minimum Gasteiger partial charge on any atom is -0.294 e. The molecule has 1 aliphatic carbocycles. The molecule has 0 saturated carbocycles. The molecule has 1 aliphatic rings. The van der Waals surface area contributed by atoms with Crippen molar-refractivity contribution < 1.29 is 4.79 Å². The number of halogens is 2. The van der Waals surface area contributed by atoms with Crippen LogP contribution in [0.15, 0.2) is 36.4 Å². The fraction of sp³-hybridized carbons (Fsp3) is 0.133. The molecular weight excluding hydrogens is 267 g/mol. The van der Waals surface area contributed by atoms with Crippen molar-refractivity contribution in [3.63, 3.8) is 0 Å². The minimum atomic E-state index is 0.237. The van der Waals surface area contributed by atoms with Crippen molar-refractivity contribution in [2.75, 3.05) is 0 Å². The SMILES string of the molecule is O=C1CCc2cc(-c3cc(Cl)cc(Cl)c3)ccc21. The summed E-state index contributed by atoms with van der Waals surface area (Å²) in [6.07, 6.45) is 1.45. The maximum absolute atomic E-state index is 11.6.